The molecule has 0 unspecified atom stereocenters. The number of sulfonamides is 1. The summed E-state index contributed by atoms with van der Waals surface area (Å²) in [5.74, 6) is 0.677. The number of ether oxygens (including phenoxy) is 1. The number of pyridine rings is 1. The van der Waals surface area contributed by atoms with Crippen LogP contribution >= 0.6 is 0 Å². The van der Waals surface area contributed by atoms with Crippen molar-refractivity contribution in [3.63, 3.8) is 0 Å². The maximum atomic E-state index is 12.6. The van der Waals surface area contributed by atoms with Crippen molar-refractivity contribution < 1.29 is 13.2 Å². The Kier molecular flexibility index (Phi) is 6.24. The summed E-state index contributed by atoms with van der Waals surface area (Å²) in [5.41, 5.74) is 2.60. The molecule has 1 aliphatic heterocycles. The average Bonchev–Trinajstić information content (AvgIpc) is 2.69. The molecule has 2 aromatic rings. The number of anilines is 1. The van der Waals surface area contributed by atoms with Gasteiger partial charge in [0.2, 0.25) is 10.0 Å². The number of rotatable bonds is 7. The summed E-state index contributed by atoms with van der Waals surface area (Å²) < 4.78 is 31.8. The Bertz CT molecular complexity index is 799. The number of aryl methyl sites for hydroxylation is 1. The Morgan fingerprint density at radius 1 is 1.08 bits per heavy atom. The Balaban J connectivity index is 1.55. The Morgan fingerprint density at radius 2 is 1.77 bits per heavy atom. The fraction of sp³-hybridized carbons (Fsp3) is 0.421. The number of hydrogen-bond donors (Lipinski definition) is 1. The van der Waals surface area contributed by atoms with Crippen molar-refractivity contribution in [3.8, 4) is 0 Å². The van der Waals surface area contributed by atoms with E-state index in [1.807, 2.05) is 0 Å². The van der Waals surface area contributed by atoms with Crippen molar-refractivity contribution in [1.82, 2.24) is 9.29 Å². The smallest absolute Gasteiger partial charge is 0.244 e. The standard InChI is InChI=1S/C19H25N3O3S/c1-2-16-3-5-17(6-4-16)9-10-20-19-8-7-18(15-21-19)26(23,24)22-11-13-25-14-12-22/h3-8,15H,2,9-14H2,1H3,(H,20,21). The molecule has 1 N–H and O–H groups in total. The van der Waals surface area contributed by atoms with Crippen molar-refractivity contribution in [3.05, 3.63) is 53.7 Å². The highest BCUT2D eigenvalue weighted by Crippen LogP contribution is 2.17. The molecule has 6 nitrogen and oxygen atoms in total. The molecule has 7 heteroatoms. The Hall–Kier alpha value is -1.96. The van der Waals surface area contributed by atoms with E-state index in [2.05, 4.69) is 41.5 Å². The third-order valence-corrected chi connectivity index (χ3v) is 6.38. The minimum atomic E-state index is -3.49. The summed E-state index contributed by atoms with van der Waals surface area (Å²) in [6, 6.07) is 11.9. The van der Waals surface area contributed by atoms with Crippen LogP contribution in [0.4, 0.5) is 5.82 Å². The first-order chi connectivity index (χ1) is 12.6. The number of morpholine rings is 1. The van der Waals surface area contributed by atoms with E-state index in [1.165, 1.54) is 21.6 Å². The summed E-state index contributed by atoms with van der Waals surface area (Å²) in [4.78, 5) is 4.47. The summed E-state index contributed by atoms with van der Waals surface area (Å²) in [6.45, 7) is 4.54. The van der Waals surface area contributed by atoms with E-state index in [9.17, 15) is 8.42 Å². The minimum absolute atomic E-state index is 0.222. The van der Waals surface area contributed by atoms with Crippen molar-refractivity contribution in [2.75, 3.05) is 38.2 Å². The highest BCUT2D eigenvalue weighted by molar-refractivity contribution is 7.89. The molecular formula is C19H25N3O3S. The highest BCUT2D eigenvalue weighted by Gasteiger charge is 2.26. The lowest BCUT2D eigenvalue weighted by Gasteiger charge is -2.25. The Morgan fingerprint density at radius 3 is 2.38 bits per heavy atom. The molecule has 0 bridgehead atoms. The van der Waals surface area contributed by atoms with E-state index in [1.54, 1.807) is 12.1 Å². The zero-order valence-electron chi connectivity index (χ0n) is 15.0. The van der Waals surface area contributed by atoms with Gasteiger partial charge in [-0.3, -0.25) is 0 Å². The normalized spacial score (nSPS) is 15.7. The van der Waals surface area contributed by atoms with Gasteiger partial charge in [0.1, 0.15) is 10.7 Å². The van der Waals surface area contributed by atoms with Crippen LogP contribution < -0.4 is 5.32 Å². The number of nitrogens with one attached hydrogen (secondary N) is 1. The Labute approximate surface area is 155 Å². The van der Waals surface area contributed by atoms with Crippen molar-refractivity contribution in [2.24, 2.45) is 0 Å². The molecule has 1 aromatic heterocycles. The molecule has 0 atom stereocenters. The molecular weight excluding hydrogens is 350 g/mol. The average molecular weight is 375 g/mol. The van der Waals surface area contributed by atoms with Crippen LogP contribution in [0.25, 0.3) is 0 Å². The van der Waals surface area contributed by atoms with Crippen LogP contribution in [-0.2, 0) is 27.6 Å². The highest BCUT2D eigenvalue weighted by atomic mass is 32.2. The summed E-state index contributed by atoms with van der Waals surface area (Å²) in [7, 11) is -3.49. The van der Waals surface area contributed by atoms with Gasteiger partial charge in [0.25, 0.3) is 0 Å². The largest absolute Gasteiger partial charge is 0.379 e. The van der Waals surface area contributed by atoms with Gasteiger partial charge in [0.15, 0.2) is 0 Å². The molecule has 0 radical (unpaired) electrons. The van der Waals surface area contributed by atoms with Gasteiger partial charge in [0, 0.05) is 25.8 Å². The lowest BCUT2D eigenvalue weighted by atomic mass is 10.1. The van der Waals surface area contributed by atoms with E-state index in [4.69, 9.17) is 4.74 Å². The second-order valence-electron chi connectivity index (χ2n) is 6.24. The zero-order chi connectivity index (χ0) is 18.4. The van der Waals surface area contributed by atoms with Crippen LogP contribution in [0.5, 0.6) is 0 Å². The van der Waals surface area contributed by atoms with Gasteiger partial charge in [0.05, 0.1) is 13.2 Å². The molecule has 1 aliphatic rings. The predicted molar refractivity (Wildman–Crippen MR) is 102 cm³/mol. The van der Waals surface area contributed by atoms with Gasteiger partial charge in [-0.25, -0.2) is 13.4 Å². The van der Waals surface area contributed by atoms with Crippen LogP contribution in [0.2, 0.25) is 0 Å². The van der Waals surface area contributed by atoms with Gasteiger partial charge in [-0.2, -0.15) is 4.31 Å². The van der Waals surface area contributed by atoms with Crippen molar-refractivity contribution in [2.45, 2.75) is 24.7 Å². The number of nitrogens with zero attached hydrogens (tertiary/aromatic N) is 2. The molecule has 0 saturated carbocycles. The maximum absolute atomic E-state index is 12.6. The van der Waals surface area contributed by atoms with Crippen molar-refractivity contribution in [1.29, 1.82) is 0 Å². The second-order valence-corrected chi connectivity index (χ2v) is 8.18. The maximum Gasteiger partial charge on any atom is 0.244 e. The van der Waals surface area contributed by atoms with Crippen LogP contribution in [0.3, 0.4) is 0 Å². The van der Waals surface area contributed by atoms with Crippen LogP contribution in [0.15, 0.2) is 47.5 Å². The molecule has 26 heavy (non-hydrogen) atoms. The van der Waals surface area contributed by atoms with E-state index < -0.39 is 10.0 Å². The van der Waals surface area contributed by atoms with Crippen molar-refractivity contribution >= 4 is 15.8 Å². The molecule has 0 amide bonds. The third kappa shape index (κ3) is 4.60. The van der Waals surface area contributed by atoms with Crippen LogP contribution in [-0.4, -0.2) is 50.6 Å². The second kappa shape index (κ2) is 8.62. The van der Waals surface area contributed by atoms with Gasteiger partial charge in [-0.1, -0.05) is 31.2 Å². The van der Waals surface area contributed by atoms with Gasteiger partial charge < -0.3 is 10.1 Å². The molecule has 0 spiro atoms. The molecule has 1 fully saturated rings. The summed E-state index contributed by atoms with van der Waals surface area (Å²) in [5, 5.41) is 3.24. The molecule has 140 valence electrons. The van der Waals surface area contributed by atoms with Gasteiger partial charge in [-0.15, -0.1) is 0 Å². The lowest BCUT2D eigenvalue weighted by Crippen LogP contribution is -2.40. The summed E-state index contributed by atoms with van der Waals surface area (Å²) >= 11 is 0. The fourth-order valence-corrected chi connectivity index (χ4v) is 4.20. The van der Waals surface area contributed by atoms with Gasteiger partial charge in [-0.05, 0) is 36.1 Å². The quantitative estimate of drug-likeness (QED) is 0.804. The fourth-order valence-electron chi connectivity index (χ4n) is 2.85. The minimum Gasteiger partial charge on any atom is -0.379 e. The van der Waals surface area contributed by atoms with E-state index >= 15 is 0 Å². The molecule has 1 aromatic carbocycles. The zero-order valence-corrected chi connectivity index (χ0v) is 15.8. The first-order valence-corrected chi connectivity index (χ1v) is 10.4. The summed E-state index contributed by atoms with van der Waals surface area (Å²) in [6.07, 6.45) is 3.35. The van der Waals surface area contributed by atoms with E-state index in [0.717, 1.165) is 19.4 Å². The number of aromatic nitrogens is 1. The van der Waals surface area contributed by atoms with E-state index in [0.29, 0.717) is 32.1 Å². The molecule has 1 saturated heterocycles. The third-order valence-electron chi connectivity index (χ3n) is 4.50. The molecule has 2 heterocycles. The predicted octanol–water partition coefficient (Wildman–Crippen LogP) is 2.32. The monoisotopic (exact) mass is 375 g/mol. The van der Waals surface area contributed by atoms with E-state index in [-0.39, 0.29) is 4.90 Å². The first kappa shape index (κ1) is 18.8. The number of benzene rings is 1. The molecule has 0 aliphatic carbocycles. The van der Waals surface area contributed by atoms with Crippen LogP contribution in [0, 0.1) is 0 Å². The van der Waals surface area contributed by atoms with Crippen LogP contribution in [0.1, 0.15) is 18.1 Å². The SMILES string of the molecule is CCc1ccc(CCNc2ccc(S(=O)(=O)N3CCOCC3)cn2)cc1. The van der Waals surface area contributed by atoms with Gasteiger partial charge >= 0.3 is 0 Å². The number of hydrogen-bond acceptors (Lipinski definition) is 5. The molecule has 3 rings (SSSR count). The first-order valence-electron chi connectivity index (χ1n) is 8.95. The lowest BCUT2D eigenvalue weighted by molar-refractivity contribution is 0.0730. The topological polar surface area (TPSA) is 71.5 Å².